The van der Waals surface area contributed by atoms with Gasteiger partial charge in [0.25, 0.3) is 0 Å². The lowest BCUT2D eigenvalue weighted by molar-refractivity contribution is -0.0786. The van der Waals surface area contributed by atoms with E-state index in [1.807, 2.05) is 6.92 Å². The van der Waals surface area contributed by atoms with Gasteiger partial charge in [0.1, 0.15) is 12.2 Å². The summed E-state index contributed by atoms with van der Waals surface area (Å²) in [5, 5.41) is 35.8. The Morgan fingerprint density at radius 3 is 2.08 bits per heavy atom. The molecule has 0 aliphatic carbocycles. The van der Waals surface area contributed by atoms with Crippen LogP contribution in [-0.4, -0.2) is 45.3 Å². The number of aliphatic hydroxyl groups is 4. The van der Waals surface area contributed by atoms with E-state index >= 15 is 0 Å². The molecule has 3 atom stereocenters. The SMILES string of the molecule is CCCCC(O)C(O)C(O)CO. The highest BCUT2D eigenvalue weighted by molar-refractivity contribution is 4.74. The second kappa shape index (κ2) is 6.37. The Kier molecular flexibility index (Phi) is 6.28. The van der Waals surface area contributed by atoms with Crippen LogP contribution in [-0.2, 0) is 0 Å². The Balaban J connectivity index is 3.67. The molecule has 0 amide bonds. The van der Waals surface area contributed by atoms with E-state index in [2.05, 4.69) is 0 Å². The molecule has 4 heteroatoms. The summed E-state index contributed by atoms with van der Waals surface area (Å²) in [6.45, 7) is 1.45. The molecule has 4 N–H and O–H groups in total. The molecule has 74 valence electrons. The van der Waals surface area contributed by atoms with Gasteiger partial charge in [0, 0.05) is 0 Å². The minimum absolute atomic E-state index is 0.453. The van der Waals surface area contributed by atoms with E-state index in [-0.39, 0.29) is 0 Å². The van der Waals surface area contributed by atoms with Crippen LogP contribution in [0.5, 0.6) is 0 Å². The molecule has 3 unspecified atom stereocenters. The molecule has 0 bridgehead atoms. The van der Waals surface area contributed by atoms with Crippen LogP contribution >= 0.6 is 0 Å². The summed E-state index contributed by atoms with van der Waals surface area (Å²) >= 11 is 0. The van der Waals surface area contributed by atoms with Gasteiger partial charge in [-0.2, -0.15) is 0 Å². The van der Waals surface area contributed by atoms with Gasteiger partial charge < -0.3 is 20.4 Å². The zero-order valence-electron chi connectivity index (χ0n) is 7.35. The van der Waals surface area contributed by atoms with Crippen LogP contribution in [0.4, 0.5) is 0 Å². The second-order valence-electron chi connectivity index (χ2n) is 2.95. The Hall–Kier alpha value is -0.160. The topological polar surface area (TPSA) is 80.9 Å². The first-order chi connectivity index (χ1) is 5.63. The van der Waals surface area contributed by atoms with Crippen molar-refractivity contribution >= 4 is 0 Å². The summed E-state index contributed by atoms with van der Waals surface area (Å²) in [6, 6.07) is 0. The van der Waals surface area contributed by atoms with Gasteiger partial charge >= 0.3 is 0 Å². The fourth-order valence-corrected chi connectivity index (χ4v) is 0.948. The Labute approximate surface area is 72.5 Å². The van der Waals surface area contributed by atoms with Crippen molar-refractivity contribution in [2.45, 2.75) is 44.5 Å². The molecule has 0 aromatic heterocycles. The Morgan fingerprint density at radius 1 is 1.08 bits per heavy atom. The van der Waals surface area contributed by atoms with E-state index in [1.165, 1.54) is 0 Å². The van der Waals surface area contributed by atoms with Crippen molar-refractivity contribution in [1.82, 2.24) is 0 Å². The summed E-state index contributed by atoms with van der Waals surface area (Å²) in [4.78, 5) is 0. The average Bonchev–Trinajstić information content (AvgIpc) is 2.11. The third-order valence-corrected chi connectivity index (χ3v) is 1.83. The minimum Gasteiger partial charge on any atom is -0.394 e. The quantitative estimate of drug-likeness (QED) is 0.431. The molecule has 0 aromatic rings. The number of aliphatic hydroxyl groups excluding tert-OH is 4. The molecule has 0 saturated carbocycles. The van der Waals surface area contributed by atoms with Crippen LogP contribution in [0.25, 0.3) is 0 Å². The van der Waals surface area contributed by atoms with Gasteiger partial charge in [-0.1, -0.05) is 19.8 Å². The van der Waals surface area contributed by atoms with E-state index in [9.17, 15) is 5.11 Å². The lowest BCUT2D eigenvalue weighted by Crippen LogP contribution is -2.39. The third kappa shape index (κ3) is 4.01. The molecule has 12 heavy (non-hydrogen) atoms. The van der Waals surface area contributed by atoms with E-state index in [1.54, 1.807) is 0 Å². The van der Waals surface area contributed by atoms with Gasteiger partial charge in [-0.15, -0.1) is 0 Å². The maximum absolute atomic E-state index is 9.23. The molecule has 4 nitrogen and oxygen atoms in total. The maximum atomic E-state index is 9.23. The minimum atomic E-state index is -1.24. The first-order valence-corrected chi connectivity index (χ1v) is 4.28. The summed E-state index contributed by atoms with van der Waals surface area (Å²) < 4.78 is 0. The molecule has 0 aliphatic heterocycles. The molecule has 0 radical (unpaired) electrons. The van der Waals surface area contributed by atoms with E-state index < -0.39 is 24.9 Å². The molecule has 0 saturated heterocycles. The first-order valence-electron chi connectivity index (χ1n) is 4.28. The van der Waals surface area contributed by atoms with Crippen LogP contribution < -0.4 is 0 Å². The predicted octanol–water partition coefficient (Wildman–Crippen LogP) is -0.748. The largest absolute Gasteiger partial charge is 0.394 e. The lowest BCUT2D eigenvalue weighted by Gasteiger charge is -2.20. The highest BCUT2D eigenvalue weighted by Gasteiger charge is 2.22. The van der Waals surface area contributed by atoms with Crippen molar-refractivity contribution in [3.05, 3.63) is 0 Å². The first kappa shape index (κ1) is 11.8. The van der Waals surface area contributed by atoms with Gasteiger partial charge in [-0.05, 0) is 6.42 Å². The summed E-state index contributed by atoms with van der Waals surface area (Å²) in [7, 11) is 0. The summed E-state index contributed by atoms with van der Waals surface area (Å²) in [5.41, 5.74) is 0. The van der Waals surface area contributed by atoms with Gasteiger partial charge in [0.2, 0.25) is 0 Å². The highest BCUT2D eigenvalue weighted by Crippen LogP contribution is 2.07. The zero-order valence-corrected chi connectivity index (χ0v) is 7.35. The molecule has 0 rings (SSSR count). The second-order valence-corrected chi connectivity index (χ2v) is 2.95. The number of hydrogen-bond acceptors (Lipinski definition) is 4. The van der Waals surface area contributed by atoms with Crippen molar-refractivity contribution in [2.75, 3.05) is 6.61 Å². The van der Waals surface area contributed by atoms with E-state index in [0.717, 1.165) is 12.8 Å². The zero-order chi connectivity index (χ0) is 9.56. The fourth-order valence-electron chi connectivity index (χ4n) is 0.948. The standard InChI is InChI=1S/C8H18O4/c1-2-3-4-6(10)8(12)7(11)5-9/h6-12H,2-5H2,1H3. The molecule has 0 spiro atoms. The van der Waals surface area contributed by atoms with Crippen LogP contribution in [0.2, 0.25) is 0 Å². The molecule has 0 heterocycles. The normalized spacial score (nSPS) is 18.8. The van der Waals surface area contributed by atoms with Crippen molar-refractivity contribution in [1.29, 1.82) is 0 Å². The Morgan fingerprint density at radius 2 is 1.67 bits per heavy atom. The number of hydrogen-bond donors (Lipinski definition) is 4. The third-order valence-electron chi connectivity index (χ3n) is 1.83. The molecule has 0 aromatic carbocycles. The van der Waals surface area contributed by atoms with Gasteiger partial charge in [-0.25, -0.2) is 0 Å². The lowest BCUT2D eigenvalue weighted by atomic mass is 10.0. The molecular formula is C8H18O4. The number of unbranched alkanes of at least 4 members (excludes halogenated alkanes) is 1. The van der Waals surface area contributed by atoms with Crippen molar-refractivity contribution in [3.63, 3.8) is 0 Å². The van der Waals surface area contributed by atoms with Crippen LogP contribution in [0, 0.1) is 0 Å². The molecular weight excluding hydrogens is 160 g/mol. The monoisotopic (exact) mass is 178 g/mol. The predicted molar refractivity (Wildman–Crippen MR) is 44.6 cm³/mol. The van der Waals surface area contributed by atoms with Crippen molar-refractivity contribution < 1.29 is 20.4 Å². The van der Waals surface area contributed by atoms with Crippen LogP contribution in [0.1, 0.15) is 26.2 Å². The van der Waals surface area contributed by atoms with Crippen molar-refractivity contribution in [3.8, 4) is 0 Å². The van der Waals surface area contributed by atoms with Crippen molar-refractivity contribution in [2.24, 2.45) is 0 Å². The molecule has 0 aliphatic rings. The van der Waals surface area contributed by atoms with Crippen LogP contribution in [0.3, 0.4) is 0 Å². The molecule has 0 fully saturated rings. The van der Waals surface area contributed by atoms with E-state index in [4.69, 9.17) is 15.3 Å². The number of rotatable bonds is 6. The van der Waals surface area contributed by atoms with Gasteiger partial charge in [0.15, 0.2) is 0 Å². The van der Waals surface area contributed by atoms with Gasteiger partial charge in [-0.3, -0.25) is 0 Å². The fraction of sp³-hybridized carbons (Fsp3) is 1.00. The van der Waals surface area contributed by atoms with E-state index in [0.29, 0.717) is 6.42 Å². The average molecular weight is 178 g/mol. The highest BCUT2D eigenvalue weighted by atomic mass is 16.4. The smallest absolute Gasteiger partial charge is 0.108 e. The van der Waals surface area contributed by atoms with Crippen LogP contribution in [0.15, 0.2) is 0 Å². The summed E-state index contributed by atoms with van der Waals surface area (Å²) in [5.74, 6) is 0. The maximum Gasteiger partial charge on any atom is 0.108 e. The van der Waals surface area contributed by atoms with Gasteiger partial charge in [0.05, 0.1) is 12.7 Å². The Bertz CT molecular complexity index is 107. The summed E-state index contributed by atoms with van der Waals surface area (Å²) in [6.07, 6.45) is -1.23.